The Morgan fingerprint density at radius 3 is 2.89 bits per heavy atom. The molecule has 0 spiro atoms. The number of fused-ring (bicyclic) bond motifs is 1. The van der Waals surface area contributed by atoms with Crippen LogP contribution in [0, 0.1) is 0 Å². The lowest BCUT2D eigenvalue weighted by Gasteiger charge is -2.21. The van der Waals surface area contributed by atoms with Gasteiger partial charge in [-0.1, -0.05) is 24.2 Å². The summed E-state index contributed by atoms with van der Waals surface area (Å²) in [6.07, 6.45) is 4.55. The molecule has 1 aliphatic heterocycles. The lowest BCUT2D eigenvalue weighted by molar-refractivity contribution is 0.990. The second-order valence-electron chi connectivity index (χ2n) is 4.25. The summed E-state index contributed by atoms with van der Waals surface area (Å²) in [4.78, 5) is 6.60. The summed E-state index contributed by atoms with van der Waals surface area (Å²) in [5, 5.41) is 0.846. The zero-order chi connectivity index (χ0) is 12.5. The molecule has 2 aromatic rings. The van der Waals surface area contributed by atoms with E-state index in [4.69, 9.17) is 11.6 Å². The number of benzene rings is 1. The molecule has 90 valence electrons. The van der Waals surface area contributed by atoms with Crippen LogP contribution in [0.4, 0.5) is 11.4 Å². The van der Waals surface area contributed by atoms with Gasteiger partial charge in [-0.3, -0.25) is 4.98 Å². The van der Waals surface area contributed by atoms with Crippen molar-refractivity contribution in [3.8, 4) is 0 Å². The first-order valence-corrected chi connectivity index (χ1v) is 6.31. The van der Waals surface area contributed by atoms with E-state index >= 15 is 0 Å². The van der Waals surface area contributed by atoms with E-state index in [1.807, 2.05) is 18.2 Å². The minimum Gasteiger partial charge on any atom is -0.339 e. The topological polar surface area (TPSA) is 16.1 Å². The maximum Gasteiger partial charge on any atom is 0.0860 e. The second-order valence-corrected chi connectivity index (χ2v) is 4.66. The summed E-state index contributed by atoms with van der Waals surface area (Å²) in [6, 6.07) is 10.1. The molecular weight excluding hydrogens is 244 g/mol. The third-order valence-corrected chi connectivity index (χ3v) is 3.62. The van der Waals surface area contributed by atoms with Crippen LogP contribution in [-0.2, 0) is 6.42 Å². The first-order chi connectivity index (χ1) is 8.81. The lowest BCUT2D eigenvalue weighted by Crippen LogP contribution is -2.14. The Morgan fingerprint density at radius 1 is 1.22 bits per heavy atom. The van der Waals surface area contributed by atoms with Crippen LogP contribution < -0.4 is 4.90 Å². The van der Waals surface area contributed by atoms with E-state index < -0.39 is 0 Å². The van der Waals surface area contributed by atoms with Crippen LogP contribution in [0.5, 0.6) is 0 Å². The summed E-state index contributed by atoms with van der Waals surface area (Å²) in [6.45, 7) is 4.76. The number of anilines is 2. The zero-order valence-corrected chi connectivity index (χ0v) is 10.7. The second kappa shape index (κ2) is 4.46. The minimum atomic E-state index is 0.846. The maximum absolute atomic E-state index is 6.23. The van der Waals surface area contributed by atoms with Gasteiger partial charge in [-0.2, -0.15) is 0 Å². The van der Waals surface area contributed by atoms with E-state index in [0.717, 1.165) is 29.4 Å². The highest BCUT2D eigenvalue weighted by Gasteiger charge is 2.23. The van der Waals surface area contributed by atoms with E-state index in [0.29, 0.717) is 0 Å². The molecule has 18 heavy (non-hydrogen) atoms. The number of hydrogen-bond donors (Lipinski definition) is 0. The van der Waals surface area contributed by atoms with Crippen molar-refractivity contribution in [3.05, 3.63) is 59.4 Å². The smallest absolute Gasteiger partial charge is 0.0860 e. The highest BCUT2D eigenvalue weighted by atomic mass is 35.5. The fourth-order valence-corrected chi connectivity index (χ4v) is 2.70. The average Bonchev–Trinajstić information content (AvgIpc) is 2.84. The Kier molecular flexibility index (Phi) is 2.80. The Balaban J connectivity index is 2.12. The minimum absolute atomic E-state index is 0.846. The van der Waals surface area contributed by atoms with Crippen molar-refractivity contribution >= 4 is 29.1 Å². The lowest BCUT2D eigenvalue weighted by atomic mass is 10.1. The van der Waals surface area contributed by atoms with Crippen molar-refractivity contribution in [2.24, 2.45) is 0 Å². The molecule has 0 N–H and O–H groups in total. The molecular formula is C15H13ClN2. The van der Waals surface area contributed by atoms with Gasteiger partial charge in [-0.25, -0.2) is 0 Å². The molecule has 0 amide bonds. The number of halogens is 1. The Morgan fingerprint density at radius 2 is 2.06 bits per heavy atom. The van der Waals surface area contributed by atoms with Crippen LogP contribution in [0.15, 0.2) is 43.1 Å². The Bertz CT molecular complexity index is 607. The van der Waals surface area contributed by atoms with Gasteiger partial charge >= 0.3 is 0 Å². The molecule has 2 nitrogen and oxygen atoms in total. The predicted molar refractivity (Wildman–Crippen MR) is 76.5 cm³/mol. The highest BCUT2D eigenvalue weighted by molar-refractivity contribution is 6.31. The van der Waals surface area contributed by atoms with Crippen LogP contribution in [-0.4, -0.2) is 11.5 Å². The quantitative estimate of drug-likeness (QED) is 0.805. The first-order valence-electron chi connectivity index (χ1n) is 5.93. The molecule has 1 aliphatic rings. The molecule has 3 heteroatoms. The number of rotatable bonds is 2. The predicted octanol–water partition coefficient (Wildman–Crippen LogP) is 4.07. The van der Waals surface area contributed by atoms with Gasteiger partial charge in [-0.15, -0.1) is 0 Å². The van der Waals surface area contributed by atoms with E-state index in [1.54, 1.807) is 12.3 Å². The van der Waals surface area contributed by atoms with Crippen molar-refractivity contribution in [2.75, 3.05) is 11.4 Å². The van der Waals surface area contributed by atoms with Gasteiger partial charge in [-0.05, 0) is 42.3 Å². The van der Waals surface area contributed by atoms with Crippen LogP contribution >= 0.6 is 11.6 Å². The average molecular weight is 257 g/mol. The van der Waals surface area contributed by atoms with Crippen molar-refractivity contribution in [3.63, 3.8) is 0 Å². The Hall–Kier alpha value is -1.80. The molecule has 0 radical (unpaired) electrons. The third kappa shape index (κ3) is 1.70. The standard InChI is InChI=1S/C15H13ClN2/c1-2-13-15(7-4-9-17-13)18-10-8-11-12(16)5-3-6-14(11)18/h2-7,9H,1,8,10H2. The van der Waals surface area contributed by atoms with E-state index in [9.17, 15) is 0 Å². The Labute approximate surface area is 112 Å². The molecule has 0 atom stereocenters. The first kappa shape index (κ1) is 11.3. The summed E-state index contributed by atoms with van der Waals surface area (Å²) >= 11 is 6.23. The number of hydrogen-bond acceptors (Lipinski definition) is 2. The van der Waals surface area contributed by atoms with E-state index in [2.05, 4.69) is 28.6 Å². The van der Waals surface area contributed by atoms with Crippen LogP contribution in [0.25, 0.3) is 6.08 Å². The molecule has 2 heterocycles. The number of pyridine rings is 1. The van der Waals surface area contributed by atoms with E-state index in [1.165, 1.54) is 11.3 Å². The van der Waals surface area contributed by atoms with Gasteiger partial charge in [0.2, 0.25) is 0 Å². The monoisotopic (exact) mass is 256 g/mol. The molecule has 0 saturated heterocycles. The molecule has 0 fully saturated rings. The van der Waals surface area contributed by atoms with E-state index in [-0.39, 0.29) is 0 Å². The molecule has 0 unspecified atom stereocenters. The van der Waals surface area contributed by atoms with Gasteiger partial charge in [0.1, 0.15) is 0 Å². The summed E-state index contributed by atoms with van der Waals surface area (Å²) in [5.41, 5.74) is 4.40. The largest absolute Gasteiger partial charge is 0.339 e. The zero-order valence-electron chi connectivity index (χ0n) is 9.94. The van der Waals surface area contributed by atoms with Crippen molar-refractivity contribution in [2.45, 2.75) is 6.42 Å². The molecule has 0 saturated carbocycles. The number of nitrogens with zero attached hydrogens (tertiary/aromatic N) is 2. The SMILES string of the molecule is C=Cc1ncccc1N1CCc2c(Cl)cccc21. The normalized spacial score (nSPS) is 13.5. The summed E-state index contributed by atoms with van der Waals surface area (Å²) < 4.78 is 0. The molecule has 0 bridgehead atoms. The van der Waals surface area contributed by atoms with Gasteiger partial charge in [0.05, 0.1) is 11.4 Å². The van der Waals surface area contributed by atoms with Gasteiger partial charge in [0.15, 0.2) is 0 Å². The molecule has 0 aliphatic carbocycles. The fourth-order valence-electron chi connectivity index (χ4n) is 2.44. The fraction of sp³-hybridized carbons (Fsp3) is 0.133. The van der Waals surface area contributed by atoms with Crippen LogP contribution in [0.1, 0.15) is 11.3 Å². The summed E-state index contributed by atoms with van der Waals surface area (Å²) in [7, 11) is 0. The molecule has 3 rings (SSSR count). The molecule has 1 aromatic heterocycles. The van der Waals surface area contributed by atoms with Crippen LogP contribution in [0.3, 0.4) is 0 Å². The molecule has 1 aromatic carbocycles. The van der Waals surface area contributed by atoms with Crippen molar-refractivity contribution in [1.82, 2.24) is 4.98 Å². The summed E-state index contributed by atoms with van der Waals surface area (Å²) in [5.74, 6) is 0. The van der Waals surface area contributed by atoms with Crippen molar-refractivity contribution in [1.29, 1.82) is 0 Å². The number of aromatic nitrogens is 1. The van der Waals surface area contributed by atoms with Crippen LogP contribution in [0.2, 0.25) is 5.02 Å². The van der Waals surface area contributed by atoms with Gasteiger partial charge in [0.25, 0.3) is 0 Å². The highest BCUT2D eigenvalue weighted by Crippen LogP contribution is 2.38. The maximum atomic E-state index is 6.23. The third-order valence-electron chi connectivity index (χ3n) is 3.27. The van der Waals surface area contributed by atoms with Crippen molar-refractivity contribution < 1.29 is 0 Å². The van der Waals surface area contributed by atoms with Gasteiger partial charge in [0, 0.05) is 23.5 Å². The van der Waals surface area contributed by atoms with Gasteiger partial charge < -0.3 is 4.90 Å².